The van der Waals surface area contributed by atoms with Crippen LogP contribution in [0.3, 0.4) is 0 Å². The average molecular weight is 529 g/mol. The van der Waals surface area contributed by atoms with E-state index in [1.54, 1.807) is 0 Å². The molecule has 1 aromatic rings. The molecule has 0 saturated carbocycles. The second-order valence-electron chi connectivity index (χ2n) is 7.39. The summed E-state index contributed by atoms with van der Waals surface area (Å²) < 4.78 is 1.62. The van der Waals surface area contributed by atoms with E-state index < -0.39 is 4.64 Å². The number of allylic oxidation sites excluding steroid dienone is 3. The second-order valence-corrected chi connectivity index (χ2v) is 24.5. The zero-order chi connectivity index (χ0) is 20.4. The van der Waals surface area contributed by atoms with Crippen molar-refractivity contribution in [3.05, 3.63) is 53.5 Å². The molecule has 0 bridgehead atoms. The molecule has 28 heavy (non-hydrogen) atoms. The van der Waals surface area contributed by atoms with Gasteiger partial charge >= 0.3 is 187 Å². The fourth-order valence-electron chi connectivity index (χ4n) is 2.99. The van der Waals surface area contributed by atoms with Gasteiger partial charge in [-0.05, 0) is 0 Å². The molecule has 1 aromatic heterocycles. The number of aryl methyl sites for hydroxylation is 2. The first-order valence-electron chi connectivity index (χ1n) is 10.3. The first-order chi connectivity index (χ1) is 13.4. The van der Waals surface area contributed by atoms with E-state index in [-0.39, 0.29) is 0 Å². The number of hydrogen-bond donors (Lipinski definition) is 0. The minimum atomic E-state index is -1.13. The van der Waals surface area contributed by atoms with Crippen molar-refractivity contribution in [2.45, 2.75) is 53.4 Å². The molecule has 1 atom stereocenters. The van der Waals surface area contributed by atoms with Crippen molar-refractivity contribution < 1.29 is 0 Å². The standard InChI is InChI=1S/C22H34N3PSe2/c1-5-13-25(14-6-2)28-26(27,15-11-21-9-7-19(3)23-17-21)16-12-22-10-8-20(4)24-18-22/h7-10,17-18H,5-6,11-16H2,1-4H3/q+1. The molecule has 2 heterocycles. The number of hydrogen-bond acceptors (Lipinski definition) is 3. The van der Waals surface area contributed by atoms with Crippen molar-refractivity contribution in [1.82, 2.24) is 13.9 Å². The van der Waals surface area contributed by atoms with Gasteiger partial charge in [-0.2, -0.15) is 0 Å². The molecule has 0 fully saturated rings. The number of pyridine rings is 1. The van der Waals surface area contributed by atoms with Gasteiger partial charge in [-0.1, -0.05) is 0 Å². The number of rotatable bonds is 12. The molecule has 0 amide bonds. The Morgan fingerprint density at radius 2 is 1.79 bits per heavy atom. The molecule has 1 radical (unpaired) electrons. The molecule has 3 nitrogen and oxygen atoms in total. The van der Waals surface area contributed by atoms with Gasteiger partial charge in [0, 0.05) is 0 Å². The van der Waals surface area contributed by atoms with Crippen molar-refractivity contribution in [3.8, 4) is 0 Å². The van der Waals surface area contributed by atoms with Crippen LogP contribution in [-0.2, 0) is 6.42 Å². The van der Waals surface area contributed by atoms with E-state index in [0.29, 0.717) is 14.7 Å². The number of nitrogens with zero attached hydrogens (tertiary/aromatic N) is 3. The van der Waals surface area contributed by atoms with E-state index in [4.69, 9.17) is 0 Å². The van der Waals surface area contributed by atoms with Crippen LogP contribution in [0.1, 0.15) is 51.3 Å². The maximum absolute atomic E-state index is 4.49. The van der Waals surface area contributed by atoms with Crippen LogP contribution < -0.4 is 4.99 Å². The van der Waals surface area contributed by atoms with Gasteiger partial charge in [0.15, 0.2) is 0 Å². The van der Waals surface area contributed by atoms with Crippen LogP contribution in [0.2, 0.25) is 0 Å². The summed E-state index contributed by atoms with van der Waals surface area (Å²) in [6.45, 7) is 11.2. The van der Waals surface area contributed by atoms with Crippen LogP contribution >= 0.6 is 4.64 Å². The quantitative estimate of drug-likeness (QED) is 0.298. The molecular formula is C22H34N3PSe2+. The average Bonchev–Trinajstić information content (AvgIpc) is 2.68. The van der Waals surface area contributed by atoms with Gasteiger partial charge in [0.25, 0.3) is 0 Å². The number of aromatic nitrogens is 1. The molecule has 0 saturated heterocycles. The molecule has 0 aromatic carbocycles. The van der Waals surface area contributed by atoms with E-state index in [0.717, 1.165) is 24.2 Å². The van der Waals surface area contributed by atoms with Crippen LogP contribution in [-0.4, -0.2) is 70.3 Å². The Balaban J connectivity index is 2.06. The second kappa shape index (κ2) is 12.4. The summed E-state index contributed by atoms with van der Waals surface area (Å²) >= 11 is 4.31. The molecular weight excluding hydrogens is 495 g/mol. The topological polar surface area (TPSA) is 30.2 Å². The Kier molecular flexibility index (Phi) is 10.7. The van der Waals surface area contributed by atoms with Gasteiger partial charge < -0.3 is 0 Å². The third-order valence-corrected chi connectivity index (χ3v) is 17.8. The van der Waals surface area contributed by atoms with Crippen LogP contribution in [0.5, 0.6) is 0 Å². The summed E-state index contributed by atoms with van der Waals surface area (Å²) in [5, 5.41) is 0. The monoisotopic (exact) mass is 531 g/mol. The summed E-state index contributed by atoms with van der Waals surface area (Å²) in [6, 6.07) is 4.39. The summed E-state index contributed by atoms with van der Waals surface area (Å²) in [6.07, 6.45) is 15.8. The van der Waals surface area contributed by atoms with E-state index in [1.165, 1.54) is 49.4 Å². The molecule has 1 aliphatic heterocycles. The van der Waals surface area contributed by atoms with E-state index in [1.807, 2.05) is 0 Å². The predicted octanol–water partition coefficient (Wildman–Crippen LogP) is 4.33. The number of aliphatic imine (C=N–C) groups is 1. The Morgan fingerprint density at radius 1 is 1.07 bits per heavy atom. The zero-order valence-corrected chi connectivity index (χ0v) is 22.0. The summed E-state index contributed by atoms with van der Waals surface area (Å²) in [5.74, 6) is 0. The zero-order valence-electron chi connectivity index (χ0n) is 17.7. The summed E-state index contributed by atoms with van der Waals surface area (Å²) in [4.78, 5) is 8.98. The van der Waals surface area contributed by atoms with Crippen molar-refractivity contribution in [3.63, 3.8) is 0 Å². The predicted molar refractivity (Wildman–Crippen MR) is 128 cm³/mol. The van der Waals surface area contributed by atoms with E-state index in [2.05, 4.69) is 93.8 Å². The normalized spacial score (nSPS) is 16.1. The van der Waals surface area contributed by atoms with Gasteiger partial charge in [-0.25, -0.2) is 0 Å². The van der Waals surface area contributed by atoms with Crippen molar-refractivity contribution in [2.75, 3.05) is 25.4 Å². The molecule has 0 spiro atoms. The minimum absolute atomic E-state index is 0.551. The van der Waals surface area contributed by atoms with Crippen molar-refractivity contribution in [2.24, 2.45) is 0 Å². The van der Waals surface area contributed by atoms with Gasteiger partial charge in [0.2, 0.25) is 0 Å². The molecule has 1 aliphatic rings. The van der Waals surface area contributed by atoms with Crippen LogP contribution in [0.25, 0.3) is 0 Å². The van der Waals surface area contributed by atoms with E-state index >= 15 is 0 Å². The third kappa shape index (κ3) is 8.62. The maximum atomic E-state index is 4.49. The first-order valence-corrected chi connectivity index (χ1v) is 17.7. The molecule has 2 rings (SSSR count). The SMILES string of the molecule is CCCN(CCC)[Se][P+]([Se-])(CCC1=C[N+]=C(C)C=C1)CCc1ccc(C)nc1. The van der Waals surface area contributed by atoms with Crippen molar-refractivity contribution >= 4 is 40.7 Å². The molecule has 153 valence electrons. The summed E-state index contributed by atoms with van der Waals surface area (Å²) in [7, 11) is 0. The molecule has 0 aliphatic carbocycles. The van der Waals surface area contributed by atoms with Crippen LogP contribution in [0.15, 0.2) is 42.3 Å². The first kappa shape index (κ1) is 24.0. The van der Waals surface area contributed by atoms with Gasteiger partial charge in [0.1, 0.15) is 0 Å². The van der Waals surface area contributed by atoms with Crippen molar-refractivity contribution in [1.29, 1.82) is 0 Å². The van der Waals surface area contributed by atoms with Gasteiger partial charge in [0.05, 0.1) is 0 Å². The fraction of sp³-hybridized carbons (Fsp3) is 0.545. The Morgan fingerprint density at radius 3 is 2.36 bits per heavy atom. The van der Waals surface area contributed by atoms with Crippen LogP contribution in [0, 0.1) is 6.92 Å². The van der Waals surface area contributed by atoms with E-state index in [9.17, 15) is 0 Å². The third-order valence-electron chi connectivity index (χ3n) is 4.64. The Hall–Kier alpha value is -0.271. The molecule has 6 heteroatoms. The summed E-state index contributed by atoms with van der Waals surface area (Å²) in [5.41, 5.74) is 4.94. The van der Waals surface area contributed by atoms with Crippen LogP contribution in [0.4, 0.5) is 0 Å². The molecule has 0 N–H and O–H groups in total. The van der Waals surface area contributed by atoms with Gasteiger partial charge in [-0.3, -0.25) is 0 Å². The van der Waals surface area contributed by atoms with Gasteiger partial charge in [-0.15, -0.1) is 0 Å². The fourth-order valence-corrected chi connectivity index (χ4v) is 16.0. The molecule has 1 unspecified atom stereocenters. The Bertz CT molecular complexity index is 694. The Labute approximate surface area is 186 Å².